The number of hydrogen-bond acceptors (Lipinski definition) is 2. The van der Waals surface area contributed by atoms with Crippen molar-refractivity contribution in [1.29, 1.82) is 5.26 Å². The lowest BCUT2D eigenvalue weighted by molar-refractivity contribution is 0.627. The van der Waals surface area contributed by atoms with Crippen molar-refractivity contribution in [3.8, 4) is 17.3 Å². The first-order valence-electron chi connectivity index (χ1n) is 4.52. The largest absolute Gasteiger partial charge is 0.256 e. The molecule has 0 fully saturated rings. The van der Waals surface area contributed by atoms with Gasteiger partial charge in [-0.2, -0.15) is 5.26 Å². The number of hydrogen-bond donors (Lipinski definition) is 0. The molecule has 0 unspecified atom stereocenters. The molecule has 0 aliphatic carbocycles. The fourth-order valence-electron chi connectivity index (χ4n) is 1.38. The standard InChI is InChI=1S/C12H6ClFN2/c13-9-3-4-16-12(6-9)11-2-1-10(14)5-8(11)7-15/h1-6H. The van der Waals surface area contributed by atoms with E-state index in [-0.39, 0.29) is 5.56 Å². The fraction of sp³-hybridized carbons (Fsp3) is 0. The van der Waals surface area contributed by atoms with Gasteiger partial charge in [-0.3, -0.25) is 4.98 Å². The Morgan fingerprint density at radius 2 is 2.06 bits per heavy atom. The average molecular weight is 233 g/mol. The molecule has 0 atom stereocenters. The van der Waals surface area contributed by atoms with Crippen molar-refractivity contribution < 1.29 is 4.39 Å². The normalized spacial score (nSPS) is 9.81. The highest BCUT2D eigenvalue weighted by molar-refractivity contribution is 6.30. The van der Waals surface area contributed by atoms with Gasteiger partial charge in [0.15, 0.2) is 0 Å². The van der Waals surface area contributed by atoms with Gasteiger partial charge in [0.1, 0.15) is 5.82 Å². The average Bonchev–Trinajstić information content (AvgIpc) is 2.28. The Bertz CT molecular complexity index is 575. The van der Waals surface area contributed by atoms with Gasteiger partial charge in [-0.1, -0.05) is 11.6 Å². The number of benzene rings is 1. The van der Waals surface area contributed by atoms with E-state index < -0.39 is 5.82 Å². The third-order valence-corrected chi connectivity index (χ3v) is 2.34. The zero-order valence-electron chi connectivity index (χ0n) is 8.11. The van der Waals surface area contributed by atoms with E-state index in [1.54, 1.807) is 18.3 Å². The smallest absolute Gasteiger partial charge is 0.124 e. The van der Waals surface area contributed by atoms with Crippen molar-refractivity contribution in [3.63, 3.8) is 0 Å². The van der Waals surface area contributed by atoms with Crippen LogP contribution in [0.5, 0.6) is 0 Å². The van der Waals surface area contributed by atoms with Gasteiger partial charge in [0.2, 0.25) is 0 Å². The zero-order valence-corrected chi connectivity index (χ0v) is 8.87. The number of rotatable bonds is 1. The van der Waals surface area contributed by atoms with Crippen LogP contribution in [0.1, 0.15) is 5.56 Å². The molecular weight excluding hydrogens is 227 g/mol. The molecule has 0 saturated heterocycles. The molecule has 0 aliphatic heterocycles. The summed E-state index contributed by atoms with van der Waals surface area (Å²) >= 11 is 5.82. The van der Waals surface area contributed by atoms with Gasteiger partial charge in [0.05, 0.1) is 17.3 Å². The molecule has 0 aliphatic rings. The maximum atomic E-state index is 12.9. The molecule has 1 aromatic carbocycles. The Morgan fingerprint density at radius 3 is 2.75 bits per heavy atom. The van der Waals surface area contributed by atoms with Crippen LogP contribution in [0.2, 0.25) is 5.02 Å². The molecule has 16 heavy (non-hydrogen) atoms. The Hall–Kier alpha value is -1.92. The third-order valence-electron chi connectivity index (χ3n) is 2.10. The minimum absolute atomic E-state index is 0.245. The van der Waals surface area contributed by atoms with E-state index >= 15 is 0 Å². The molecule has 0 spiro atoms. The van der Waals surface area contributed by atoms with Crippen LogP contribution >= 0.6 is 11.6 Å². The Labute approximate surface area is 96.9 Å². The van der Waals surface area contributed by atoms with Gasteiger partial charge in [-0.25, -0.2) is 4.39 Å². The first-order chi connectivity index (χ1) is 7.70. The van der Waals surface area contributed by atoms with Crippen LogP contribution in [-0.2, 0) is 0 Å². The Morgan fingerprint density at radius 1 is 1.25 bits per heavy atom. The number of aromatic nitrogens is 1. The third kappa shape index (κ3) is 2.02. The van der Waals surface area contributed by atoms with E-state index in [2.05, 4.69) is 4.98 Å². The van der Waals surface area contributed by atoms with Gasteiger partial charge in [-0.15, -0.1) is 0 Å². The van der Waals surface area contributed by atoms with Crippen molar-refractivity contribution in [2.45, 2.75) is 0 Å². The molecule has 0 radical (unpaired) electrons. The minimum atomic E-state index is -0.442. The summed E-state index contributed by atoms with van der Waals surface area (Å²) in [5, 5.41) is 9.42. The molecule has 78 valence electrons. The molecule has 2 rings (SSSR count). The Balaban J connectivity index is 2.61. The van der Waals surface area contributed by atoms with E-state index in [9.17, 15) is 4.39 Å². The zero-order chi connectivity index (χ0) is 11.5. The molecule has 2 aromatic rings. The van der Waals surface area contributed by atoms with Crippen LogP contribution in [0.3, 0.4) is 0 Å². The molecule has 4 heteroatoms. The minimum Gasteiger partial charge on any atom is -0.256 e. The second kappa shape index (κ2) is 4.30. The molecule has 0 amide bonds. The van der Waals surface area contributed by atoms with Gasteiger partial charge < -0.3 is 0 Å². The van der Waals surface area contributed by atoms with Gasteiger partial charge in [0, 0.05) is 16.8 Å². The summed E-state index contributed by atoms with van der Waals surface area (Å²) in [5.74, 6) is -0.442. The number of halogens is 2. The number of pyridine rings is 1. The molecule has 0 N–H and O–H groups in total. The van der Waals surface area contributed by atoms with Crippen molar-refractivity contribution in [3.05, 3.63) is 52.9 Å². The summed E-state index contributed by atoms with van der Waals surface area (Å²) in [6, 6.07) is 9.19. The summed E-state index contributed by atoms with van der Waals surface area (Å²) in [5.41, 5.74) is 1.38. The second-order valence-electron chi connectivity index (χ2n) is 3.16. The lowest BCUT2D eigenvalue weighted by Crippen LogP contribution is -1.88. The highest BCUT2D eigenvalue weighted by atomic mass is 35.5. The van der Waals surface area contributed by atoms with E-state index in [0.717, 1.165) is 0 Å². The van der Waals surface area contributed by atoms with Gasteiger partial charge in [-0.05, 0) is 30.3 Å². The van der Waals surface area contributed by atoms with E-state index in [1.165, 1.54) is 18.2 Å². The first kappa shape index (κ1) is 10.6. The predicted molar refractivity (Wildman–Crippen MR) is 59.4 cm³/mol. The molecule has 1 aromatic heterocycles. The monoisotopic (exact) mass is 232 g/mol. The summed E-state index contributed by atoms with van der Waals surface area (Å²) in [4.78, 5) is 4.09. The molecular formula is C12H6ClFN2. The Kier molecular flexibility index (Phi) is 2.84. The van der Waals surface area contributed by atoms with Gasteiger partial charge >= 0.3 is 0 Å². The molecule has 0 saturated carbocycles. The topological polar surface area (TPSA) is 36.7 Å². The summed E-state index contributed by atoms with van der Waals surface area (Å²) in [6.45, 7) is 0. The van der Waals surface area contributed by atoms with E-state index in [4.69, 9.17) is 16.9 Å². The SMILES string of the molecule is N#Cc1cc(F)ccc1-c1cc(Cl)ccn1. The lowest BCUT2D eigenvalue weighted by Gasteiger charge is -2.03. The van der Waals surface area contributed by atoms with Crippen molar-refractivity contribution in [1.82, 2.24) is 4.98 Å². The molecule has 2 nitrogen and oxygen atoms in total. The van der Waals surface area contributed by atoms with Crippen LogP contribution in [-0.4, -0.2) is 4.98 Å². The summed E-state index contributed by atoms with van der Waals surface area (Å²) in [7, 11) is 0. The van der Waals surface area contributed by atoms with Crippen LogP contribution in [0, 0.1) is 17.1 Å². The highest BCUT2D eigenvalue weighted by Gasteiger charge is 2.07. The maximum absolute atomic E-state index is 12.9. The summed E-state index contributed by atoms with van der Waals surface area (Å²) < 4.78 is 12.9. The first-order valence-corrected chi connectivity index (χ1v) is 4.90. The van der Waals surface area contributed by atoms with Crippen LogP contribution in [0.4, 0.5) is 4.39 Å². The second-order valence-corrected chi connectivity index (χ2v) is 3.60. The number of nitrogens with zero attached hydrogens (tertiary/aromatic N) is 2. The predicted octanol–water partition coefficient (Wildman–Crippen LogP) is 3.41. The highest BCUT2D eigenvalue weighted by Crippen LogP contribution is 2.24. The quantitative estimate of drug-likeness (QED) is 0.756. The van der Waals surface area contributed by atoms with E-state index in [0.29, 0.717) is 16.3 Å². The summed E-state index contributed by atoms with van der Waals surface area (Å²) in [6.07, 6.45) is 1.54. The fourth-order valence-corrected chi connectivity index (χ4v) is 1.54. The van der Waals surface area contributed by atoms with Gasteiger partial charge in [0.25, 0.3) is 0 Å². The van der Waals surface area contributed by atoms with Crippen LogP contribution in [0.25, 0.3) is 11.3 Å². The van der Waals surface area contributed by atoms with Crippen molar-refractivity contribution >= 4 is 11.6 Å². The lowest BCUT2D eigenvalue weighted by atomic mass is 10.0. The molecule has 0 bridgehead atoms. The van der Waals surface area contributed by atoms with Crippen molar-refractivity contribution in [2.24, 2.45) is 0 Å². The van der Waals surface area contributed by atoms with Crippen LogP contribution in [0.15, 0.2) is 36.5 Å². The van der Waals surface area contributed by atoms with E-state index in [1.807, 2.05) is 6.07 Å². The maximum Gasteiger partial charge on any atom is 0.124 e. The number of nitriles is 1. The van der Waals surface area contributed by atoms with Crippen molar-refractivity contribution in [2.75, 3.05) is 0 Å². The van der Waals surface area contributed by atoms with Crippen LogP contribution < -0.4 is 0 Å². The molecule has 1 heterocycles.